The van der Waals surface area contributed by atoms with Crippen LogP contribution >= 0.6 is 11.6 Å². The van der Waals surface area contributed by atoms with Gasteiger partial charge < -0.3 is 9.84 Å². The molecule has 0 saturated heterocycles. The summed E-state index contributed by atoms with van der Waals surface area (Å²) in [6.07, 6.45) is 0. The molecule has 1 unspecified atom stereocenters. The van der Waals surface area contributed by atoms with E-state index in [4.69, 9.17) is 21.4 Å². The molecule has 1 aromatic rings. The van der Waals surface area contributed by atoms with Crippen LogP contribution < -0.4 is 4.74 Å². The fraction of sp³-hybridized carbons (Fsp3) is 0.571. The number of hydrogen-bond acceptors (Lipinski definition) is 3. The molecule has 1 rings (SSSR count). The number of halogens is 1. The third kappa shape index (κ3) is 4.16. The summed E-state index contributed by atoms with van der Waals surface area (Å²) in [7, 11) is 1.67. The number of rotatable bonds is 7. The van der Waals surface area contributed by atoms with E-state index in [0.29, 0.717) is 6.54 Å². The molecule has 0 bridgehead atoms. The Morgan fingerprint density at radius 1 is 1.44 bits per heavy atom. The molecular formula is C14H22ClNO2. The zero-order valence-corrected chi connectivity index (χ0v) is 12.1. The summed E-state index contributed by atoms with van der Waals surface area (Å²) in [6, 6.07) is 6.00. The first-order valence-corrected chi connectivity index (χ1v) is 6.67. The quantitative estimate of drug-likeness (QED) is 0.774. The van der Waals surface area contributed by atoms with Crippen molar-refractivity contribution in [2.45, 2.75) is 19.2 Å². The maximum absolute atomic E-state index is 8.96. The van der Waals surface area contributed by atoms with Crippen LogP contribution in [-0.4, -0.2) is 43.4 Å². The molecule has 1 atom stereocenters. The summed E-state index contributed by atoms with van der Waals surface area (Å²) < 4.78 is 5.23. The monoisotopic (exact) mass is 271 g/mol. The van der Waals surface area contributed by atoms with Gasteiger partial charge in [-0.05, 0) is 30.7 Å². The minimum Gasteiger partial charge on any atom is -0.496 e. The van der Waals surface area contributed by atoms with Crippen LogP contribution in [-0.2, 0) is 0 Å². The fourth-order valence-electron chi connectivity index (χ4n) is 1.95. The lowest BCUT2D eigenvalue weighted by Crippen LogP contribution is -2.29. The molecule has 1 aromatic carbocycles. The van der Waals surface area contributed by atoms with Crippen molar-refractivity contribution in [3.63, 3.8) is 0 Å². The number of benzene rings is 1. The molecule has 0 saturated carbocycles. The number of aryl methyl sites for hydroxylation is 1. The average Bonchev–Trinajstić information content (AvgIpc) is 2.37. The number of ether oxygens (including phenoxy) is 1. The van der Waals surface area contributed by atoms with E-state index >= 15 is 0 Å². The van der Waals surface area contributed by atoms with E-state index < -0.39 is 0 Å². The van der Waals surface area contributed by atoms with Crippen LogP contribution in [0.5, 0.6) is 5.75 Å². The van der Waals surface area contributed by atoms with Crippen LogP contribution in [0.2, 0.25) is 0 Å². The molecule has 0 aromatic heterocycles. The number of alkyl halides is 1. The van der Waals surface area contributed by atoms with Crippen molar-refractivity contribution in [2.24, 2.45) is 0 Å². The van der Waals surface area contributed by atoms with Crippen LogP contribution in [0, 0.1) is 6.92 Å². The third-order valence-electron chi connectivity index (χ3n) is 3.06. The van der Waals surface area contributed by atoms with Crippen molar-refractivity contribution in [1.82, 2.24) is 4.90 Å². The molecule has 0 spiro atoms. The Kier molecular flexibility index (Phi) is 6.47. The van der Waals surface area contributed by atoms with Gasteiger partial charge in [0.15, 0.2) is 0 Å². The van der Waals surface area contributed by atoms with Gasteiger partial charge in [-0.3, -0.25) is 4.90 Å². The lowest BCUT2D eigenvalue weighted by molar-refractivity contribution is 0.202. The van der Waals surface area contributed by atoms with Gasteiger partial charge in [-0.2, -0.15) is 0 Å². The fourth-order valence-corrected chi connectivity index (χ4v) is 2.28. The van der Waals surface area contributed by atoms with Crippen LogP contribution in [0.15, 0.2) is 18.2 Å². The molecule has 0 aliphatic carbocycles. The number of aliphatic hydroxyl groups is 1. The van der Waals surface area contributed by atoms with Gasteiger partial charge in [-0.15, -0.1) is 11.6 Å². The van der Waals surface area contributed by atoms with Crippen molar-refractivity contribution < 1.29 is 9.84 Å². The summed E-state index contributed by atoms with van der Waals surface area (Å²) in [5, 5.41) is 8.89. The van der Waals surface area contributed by atoms with Gasteiger partial charge in [-0.25, -0.2) is 0 Å². The van der Waals surface area contributed by atoms with Crippen molar-refractivity contribution in [3.05, 3.63) is 29.3 Å². The van der Waals surface area contributed by atoms with Crippen molar-refractivity contribution in [1.29, 1.82) is 0 Å². The number of hydrogen-bond donors (Lipinski definition) is 1. The normalized spacial score (nSPS) is 12.8. The highest BCUT2D eigenvalue weighted by molar-refractivity contribution is 6.21. The Hall–Kier alpha value is -0.770. The molecule has 3 nitrogen and oxygen atoms in total. The SMILES string of the molecule is CCN(CCO)CC(Cl)c1ccc(OC)c(C)c1. The maximum atomic E-state index is 8.96. The van der Waals surface area contributed by atoms with E-state index in [1.165, 1.54) is 0 Å². The lowest BCUT2D eigenvalue weighted by Gasteiger charge is -2.22. The van der Waals surface area contributed by atoms with E-state index in [0.717, 1.165) is 30.0 Å². The van der Waals surface area contributed by atoms with Crippen LogP contribution in [0.1, 0.15) is 23.4 Å². The van der Waals surface area contributed by atoms with E-state index in [1.807, 2.05) is 19.1 Å². The minimum absolute atomic E-state index is 0.0684. The number of nitrogens with zero attached hydrogens (tertiary/aromatic N) is 1. The Bertz CT molecular complexity index is 371. The topological polar surface area (TPSA) is 32.7 Å². The number of likely N-dealkylation sites (N-methyl/N-ethyl adjacent to an activating group) is 1. The molecule has 1 N–H and O–H groups in total. The van der Waals surface area contributed by atoms with Gasteiger partial charge in [0.05, 0.1) is 19.1 Å². The summed E-state index contributed by atoms with van der Waals surface area (Å²) in [5.41, 5.74) is 2.18. The zero-order chi connectivity index (χ0) is 13.5. The van der Waals surface area contributed by atoms with Crippen molar-refractivity contribution >= 4 is 11.6 Å². The predicted octanol–water partition coefficient (Wildman–Crippen LogP) is 2.60. The standard InChI is InChI=1S/C14H22ClNO2/c1-4-16(7-8-17)10-13(15)12-5-6-14(18-3)11(2)9-12/h5-6,9,13,17H,4,7-8,10H2,1-3H3. The molecule has 0 fully saturated rings. The second-order valence-electron chi connectivity index (χ2n) is 4.31. The Morgan fingerprint density at radius 3 is 2.67 bits per heavy atom. The third-order valence-corrected chi connectivity index (χ3v) is 3.45. The zero-order valence-electron chi connectivity index (χ0n) is 11.3. The molecule has 0 aliphatic heterocycles. The molecule has 102 valence electrons. The molecular weight excluding hydrogens is 250 g/mol. The largest absolute Gasteiger partial charge is 0.496 e. The first-order chi connectivity index (χ1) is 8.62. The highest BCUT2D eigenvalue weighted by Gasteiger charge is 2.13. The molecule has 4 heteroatoms. The number of aliphatic hydroxyl groups excluding tert-OH is 1. The molecule has 0 aliphatic rings. The smallest absolute Gasteiger partial charge is 0.121 e. The molecule has 0 radical (unpaired) electrons. The first kappa shape index (κ1) is 15.3. The number of methoxy groups -OCH3 is 1. The van der Waals surface area contributed by atoms with Gasteiger partial charge in [0.1, 0.15) is 5.75 Å². The molecule has 0 heterocycles. The van der Waals surface area contributed by atoms with Gasteiger partial charge in [-0.1, -0.05) is 19.1 Å². The van der Waals surface area contributed by atoms with E-state index in [9.17, 15) is 0 Å². The summed E-state index contributed by atoms with van der Waals surface area (Å²) in [5.74, 6) is 0.880. The van der Waals surface area contributed by atoms with Crippen LogP contribution in [0.3, 0.4) is 0 Å². The highest BCUT2D eigenvalue weighted by atomic mass is 35.5. The second kappa shape index (κ2) is 7.62. The van der Waals surface area contributed by atoms with Crippen LogP contribution in [0.25, 0.3) is 0 Å². The van der Waals surface area contributed by atoms with Gasteiger partial charge in [0.2, 0.25) is 0 Å². The van der Waals surface area contributed by atoms with Gasteiger partial charge in [0, 0.05) is 13.1 Å². The second-order valence-corrected chi connectivity index (χ2v) is 4.84. The van der Waals surface area contributed by atoms with Gasteiger partial charge >= 0.3 is 0 Å². The predicted molar refractivity (Wildman–Crippen MR) is 75.5 cm³/mol. The molecule has 18 heavy (non-hydrogen) atoms. The Balaban J connectivity index is 2.71. The Labute approximate surface area is 114 Å². The first-order valence-electron chi connectivity index (χ1n) is 6.24. The van der Waals surface area contributed by atoms with Gasteiger partial charge in [0.25, 0.3) is 0 Å². The van der Waals surface area contributed by atoms with E-state index in [-0.39, 0.29) is 12.0 Å². The van der Waals surface area contributed by atoms with Crippen LogP contribution in [0.4, 0.5) is 0 Å². The summed E-state index contributed by atoms with van der Waals surface area (Å²) >= 11 is 6.42. The van der Waals surface area contributed by atoms with Crippen molar-refractivity contribution in [3.8, 4) is 5.75 Å². The Morgan fingerprint density at radius 2 is 2.17 bits per heavy atom. The molecule has 0 amide bonds. The lowest BCUT2D eigenvalue weighted by atomic mass is 10.1. The van der Waals surface area contributed by atoms with E-state index in [2.05, 4.69) is 17.9 Å². The maximum Gasteiger partial charge on any atom is 0.121 e. The summed E-state index contributed by atoms with van der Waals surface area (Å²) in [4.78, 5) is 2.14. The van der Waals surface area contributed by atoms with E-state index in [1.54, 1.807) is 7.11 Å². The minimum atomic E-state index is -0.0684. The van der Waals surface area contributed by atoms with Crippen molar-refractivity contribution in [2.75, 3.05) is 33.4 Å². The summed E-state index contributed by atoms with van der Waals surface area (Å²) in [6.45, 7) is 6.53. The average molecular weight is 272 g/mol. The highest BCUT2D eigenvalue weighted by Crippen LogP contribution is 2.26.